The zero-order valence-electron chi connectivity index (χ0n) is 9.69. The van der Waals surface area contributed by atoms with Crippen LogP contribution in [0.5, 0.6) is 0 Å². The molecule has 8 heteroatoms. The molecule has 0 spiro atoms. The molecule has 4 N–H and O–H groups in total. The number of rotatable bonds is 5. The highest BCUT2D eigenvalue weighted by atomic mass is 79.9. The Bertz CT molecular complexity index is 484. The molecule has 0 fully saturated rings. The van der Waals surface area contributed by atoms with Crippen LogP contribution in [0.3, 0.4) is 0 Å². The van der Waals surface area contributed by atoms with Gasteiger partial charge < -0.3 is 20.8 Å². The van der Waals surface area contributed by atoms with Crippen molar-refractivity contribution in [3.8, 4) is 0 Å². The Morgan fingerprint density at radius 2 is 2.11 bits per heavy atom. The first kappa shape index (κ1) is 15.4. The predicted molar refractivity (Wildman–Crippen MR) is 69.4 cm³/mol. The van der Waals surface area contributed by atoms with Crippen LogP contribution in [0.4, 0.5) is 14.9 Å². The number of amides is 2. The average Bonchev–Trinajstić information content (AvgIpc) is 2.32. The van der Waals surface area contributed by atoms with Gasteiger partial charge in [-0.05, 0) is 18.2 Å². The average molecular weight is 335 g/mol. The second kappa shape index (κ2) is 7.05. The van der Waals surface area contributed by atoms with Crippen molar-refractivity contribution in [1.82, 2.24) is 5.32 Å². The molecule has 2 amide bonds. The van der Waals surface area contributed by atoms with Crippen LogP contribution >= 0.6 is 15.9 Å². The van der Waals surface area contributed by atoms with E-state index in [-0.39, 0.29) is 18.7 Å². The number of carbonyl (C=O) groups is 2. The molecule has 104 valence electrons. The molecule has 1 aromatic rings. The number of aliphatic hydroxyl groups excluding tert-OH is 1. The Morgan fingerprint density at radius 3 is 2.63 bits per heavy atom. The fourth-order valence-corrected chi connectivity index (χ4v) is 1.63. The number of halogens is 2. The lowest BCUT2D eigenvalue weighted by molar-refractivity contribution is -0.139. The van der Waals surface area contributed by atoms with E-state index in [4.69, 9.17) is 10.2 Å². The number of benzene rings is 1. The maximum atomic E-state index is 13.4. The minimum absolute atomic E-state index is 0.0752. The number of aliphatic carboxylic acids is 1. The molecule has 0 aliphatic heterocycles. The Kier molecular flexibility index (Phi) is 5.71. The van der Waals surface area contributed by atoms with Crippen LogP contribution in [0, 0.1) is 5.82 Å². The molecule has 0 aliphatic carbocycles. The molecule has 0 saturated carbocycles. The summed E-state index contributed by atoms with van der Waals surface area (Å²) in [6, 6.07) is 1.94. The molecule has 6 nitrogen and oxygen atoms in total. The quantitative estimate of drug-likeness (QED) is 0.656. The van der Waals surface area contributed by atoms with Crippen LogP contribution < -0.4 is 10.6 Å². The van der Waals surface area contributed by atoms with Crippen LogP contribution in [-0.4, -0.2) is 34.9 Å². The summed E-state index contributed by atoms with van der Waals surface area (Å²) in [7, 11) is 0. The molecule has 0 saturated heterocycles. The van der Waals surface area contributed by atoms with Crippen molar-refractivity contribution < 1.29 is 24.2 Å². The van der Waals surface area contributed by atoms with Crippen molar-refractivity contribution in [2.75, 3.05) is 11.9 Å². The molecular formula is C11H12BrFN2O4. The van der Waals surface area contributed by atoms with E-state index in [1.165, 1.54) is 12.1 Å². The second-order valence-electron chi connectivity index (χ2n) is 3.63. The van der Waals surface area contributed by atoms with Gasteiger partial charge in [0.2, 0.25) is 0 Å². The maximum absolute atomic E-state index is 13.4. The van der Waals surface area contributed by atoms with Crippen molar-refractivity contribution in [3.05, 3.63) is 28.5 Å². The molecule has 0 unspecified atom stereocenters. The van der Waals surface area contributed by atoms with Gasteiger partial charge >= 0.3 is 12.0 Å². The second-order valence-corrected chi connectivity index (χ2v) is 4.54. The van der Waals surface area contributed by atoms with Crippen molar-refractivity contribution in [3.63, 3.8) is 0 Å². The normalized spacial score (nSPS) is 11.7. The molecule has 0 bridgehead atoms. The third-order valence-corrected chi connectivity index (χ3v) is 2.69. The molecule has 19 heavy (non-hydrogen) atoms. The van der Waals surface area contributed by atoms with E-state index in [0.717, 1.165) is 6.07 Å². The molecule has 1 aromatic carbocycles. The SMILES string of the molecule is O=C(Nc1ccc(Br)cc1F)N[C@@H](CCO)C(=O)O. The lowest BCUT2D eigenvalue weighted by Crippen LogP contribution is -2.43. The summed E-state index contributed by atoms with van der Waals surface area (Å²) in [6.45, 7) is -0.385. The maximum Gasteiger partial charge on any atom is 0.326 e. The number of carboxylic acids is 1. The van der Waals surface area contributed by atoms with Crippen molar-refractivity contribution >= 4 is 33.6 Å². The molecule has 1 atom stereocenters. The first-order chi connectivity index (χ1) is 8.93. The van der Waals surface area contributed by atoms with Crippen LogP contribution in [0.15, 0.2) is 22.7 Å². The van der Waals surface area contributed by atoms with Gasteiger partial charge in [0.25, 0.3) is 0 Å². The van der Waals surface area contributed by atoms with E-state index < -0.39 is 23.9 Å². The number of carboxylic acid groups (broad SMARTS) is 1. The number of nitrogens with one attached hydrogen (secondary N) is 2. The minimum atomic E-state index is -1.28. The monoisotopic (exact) mass is 334 g/mol. The van der Waals surface area contributed by atoms with E-state index in [9.17, 15) is 14.0 Å². The Balaban J connectivity index is 2.66. The van der Waals surface area contributed by atoms with Crippen LogP contribution in [-0.2, 0) is 4.79 Å². The summed E-state index contributed by atoms with van der Waals surface area (Å²) in [5.41, 5.74) is -0.0752. The number of carbonyl (C=O) groups excluding carboxylic acids is 1. The summed E-state index contributed by atoms with van der Waals surface area (Å²) in [5, 5.41) is 21.7. The Hall–Kier alpha value is -1.67. The smallest absolute Gasteiger partial charge is 0.326 e. The van der Waals surface area contributed by atoms with Gasteiger partial charge in [-0.25, -0.2) is 14.0 Å². The van der Waals surface area contributed by atoms with Gasteiger partial charge in [-0.1, -0.05) is 15.9 Å². The van der Waals surface area contributed by atoms with Crippen LogP contribution in [0.1, 0.15) is 6.42 Å². The number of aliphatic hydroxyl groups is 1. The third kappa shape index (κ3) is 4.84. The Labute approximate surface area is 116 Å². The summed E-state index contributed by atoms with van der Waals surface area (Å²) >= 11 is 3.07. The summed E-state index contributed by atoms with van der Waals surface area (Å²) < 4.78 is 13.9. The van der Waals surface area contributed by atoms with E-state index in [1.54, 1.807) is 0 Å². The molecule has 0 aliphatic rings. The first-order valence-electron chi connectivity index (χ1n) is 5.30. The van der Waals surface area contributed by atoms with Gasteiger partial charge in [0.05, 0.1) is 5.69 Å². The van der Waals surface area contributed by atoms with E-state index in [1.807, 2.05) is 0 Å². The zero-order chi connectivity index (χ0) is 14.4. The van der Waals surface area contributed by atoms with Crippen molar-refractivity contribution in [2.24, 2.45) is 0 Å². The lowest BCUT2D eigenvalue weighted by Gasteiger charge is -2.14. The summed E-state index contributed by atoms with van der Waals surface area (Å²) in [6.07, 6.45) is -0.133. The van der Waals surface area contributed by atoms with Gasteiger partial charge in [0, 0.05) is 17.5 Å². The summed E-state index contributed by atoms with van der Waals surface area (Å²) in [4.78, 5) is 22.2. The Morgan fingerprint density at radius 1 is 1.42 bits per heavy atom. The molecule has 1 rings (SSSR count). The van der Waals surface area contributed by atoms with Gasteiger partial charge in [-0.2, -0.15) is 0 Å². The van der Waals surface area contributed by atoms with Gasteiger partial charge in [-0.3, -0.25) is 0 Å². The highest BCUT2D eigenvalue weighted by Gasteiger charge is 2.19. The van der Waals surface area contributed by atoms with Crippen LogP contribution in [0.25, 0.3) is 0 Å². The zero-order valence-corrected chi connectivity index (χ0v) is 11.3. The standard InChI is InChI=1S/C11H12BrFN2O4/c12-6-1-2-8(7(13)5-6)14-11(19)15-9(3-4-16)10(17)18/h1-2,5,9,16H,3-4H2,(H,17,18)(H2,14,15,19)/t9-/m0/s1. The van der Waals surface area contributed by atoms with E-state index in [2.05, 4.69) is 26.6 Å². The van der Waals surface area contributed by atoms with Gasteiger partial charge in [-0.15, -0.1) is 0 Å². The number of hydrogen-bond acceptors (Lipinski definition) is 3. The van der Waals surface area contributed by atoms with Crippen molar-refractivity contribution in [1.29, 1.82) is 0 Å². The largest absolute Gasteiger partial charge is 0.480 e. The fourth-order valence-electron chi connectivity index (χ4n) is 1.29. The molecule has 0 aromatic heterocycles. The predicted octanol–water partition coefficient (Wildman–Crippen LogP) is 1.55. The van der Waals surface area contributed by atoms with Crippen LogP contribution in [0.2, 0.25) is 0 Å². The molecular weight excluding hydrogens is 323 g/mol. The topological polar surface area (TPSA) is 98.7 Å². The fraction of sp³-hybridized carbons (Fsp3) is 0.273. The molecule has 0 heterocycles. The van der Waals surface area contributed by atoms with E-state index >= 15 is 0 Å². The lowest BCUT2D eigenvalue weighted by atomic mass is 10.2. The highest BCUT2D eigenvalue weighted by molar-refractivity contribution is 9.10. The summed E-state index contributed by atoms with van der Waals surface area (Å²) in [5.74, 6) is -1.93. The number of anilines is 1. The number of urea groups is 1. The van der Waals surface area contributed by atoms with Gasteiger partial charge in [0.15, 0.2) is 0 Å². The number of hydrogen-bond donors (Lipinski definition) is 4. The van der Waals surface area contributed by atoms with Gasteiger partial charge in [0.1, 0.15) is 11.9 Å². The highest BCUT2D eigenvalue weighted by Crippen LogP contribution is 2.19. The molecule has 0 radical (unpaired) electrons. The first-order valence-corrected chi connectivity index (χ1v) is 6.09. The third-order valence-electron chi connectivity index (χ3n) is 2.20. The van der Waals surface area contributed by atoms with E-state index in [0.29, 0.717) is 4.47 Å². The van der Waals surface area contributed by atoms with Crippen molar-refractivity contribution in [2.45, 2.75) is 12.5 Å². The minimum Gasteiger partial charge on any atom is -0.480 e.